The predicted octanol–water partition coefficient (Wildman–Crippen LogP) is 4.31. The largest absolute Gasteiger partial charge is 0.459 e. The number of hydrogen-bond donors (Lipinski definition) is 1. The van der Waals surface area contributed by atoms with Crippen molar-refractivity contribution in [2.45, 2.75) is 19.4 Å². The number of nitrogens with zero attached hydrogens (tertiary/aromatic N) is 1. The molecule has 0 radical (unpaired) electrons. The summed E-state index contributed by atoms with van der Waals surface area (Å²) in [5, 5.41) is 3.58. The fourth-order valence-electron chi connectivity index (χ4n) is 3.36. The van der Waals surface area contributed by atoms with Crippen LogP contribution in [0, 0.1) is 0 Å². The van der Waals surface area contributed by atoms with Crippen LogP contribution >= 0.6 is 11.6 Å². The van der Waals surface area contributed by atoms with Gasteiger partial charge in [0.2, 0.25) is 5.91 Å². The predicted molar refractivity (Wildman–Crippen MR) is 107 cm³/mol. The Balaban J connectivity index is 1.43. The summed E-state index contributed by atoms with van der Waals surface area (Å²) in [6.45, 7) is 1.14. The number of halogens is 1. The highest BCUT2D eigenvalue weighted by molar-refractivity contribution is 6.30. The third-order valence-electron chi connectivity index (χ3n) is 4.80. The summed E-state index contributed by atoms with van der Waals surface area (Å²) in [4.78, 5) is 26.6. The summed E-state index contributed by atoms with van der Waals surface area (Å²) in [5.41, 5.74) is 3.86. The number of carbonyl (C=O) groups excluding carboxylic acids is 2. The van der Waals surface area contributed by atoms with Crippen LogP contribution in [0.25, 0.3) is 0 Å². The second-order valence-corrected chi connectivity index (χ2v) is 7.23. The van der Waals surface area contributed by atoms with Gasteiger partial charge in [-0.2, -0.15) is 0 Å². The molecule has 5 nitrogen and oxygen atoms in total. The van der Waals surface area contributed by atoms with Crippen LogP contribution in [0.3, 0.4) is 0 Å². The number of amides is 2. The van der Waals surface area contributed by atoms with Crippen LogP contribution < -0.4 is 5.32 Å². The third-order valence-corrected chi connectivity index (χ3v) is 5.05. The van der Waals surface area contributed by atoms with Gasteiger partial charge in [0, 0.05) is 23.8 Å². The Hall–Kier alpha value is -3.05. The zero-order chi connectivity index (χ0) is 19.5. The van der Waals surface area contributed by atoms with Crippen molar-refractivity contribution < 1.29 is 14.0 Å². The standard InChI is InChI=1S/C22H19ClN2O3/c23-18-6-3-15(4-7-18)12-21(26)24-19-8-5-16-9-10-25(14-17(16)13-19)22(27)20-2-1-11-28-20/h1-8,11,13H,9-10,12,14H2,(H,24,26). The molecule has 6 heteroatoms. The highest BCUT2D eigenvalue weighted by Gasteiger charge is 2.23. The van der Waals surface area contributed by atoms with Crippen molar-refractivity contribution >= 4 is 29.1 Å². The molecule has 2 aromatic carbocycles. The molecule has 2 heterocycles. The minimum atomic E-state index is -0.118. The van der Waals surface area contributed by atoms with E-state index < -0.39 is 0 Å². The average Bonchev–Trinajstić information content (AvgIpc) is 3.23. The van der Waals surface area contributed by atoms with E-state index in [1.807, 2.05) is 30.3 Å². The number of anilines is 1. The molecule has 28 heavy (non-hydrogen) atoms. The smallest absolute Gasteiger partial charge is 0.289 e. The van der Waals surface area contributed by atoms with Crippen molar-refractivity contribution in [3.63, 3.8) is 0 Å². The van der Waals surface area contributed by atoms with Gasteiger partial charge in [0.1, 0.15) is 0 Å². The van der Waals surface area contributed by atoms with E-state index in [1.165, 1.54) is 11.8 Å². The first-order chi connectivity index (χ1) is 13.6. The van der Waals surface area contributed by atoms with Crippen molar-refractivity contribution in [3.05, 3.63) is 88.3 Å². The maximum absolute atomic E-state index is 12.5. The summed E-state index contributed by atoms with van der Waals surface area (Å²) in [5.74, 6) is 0.130. The highest BCUT2D eigenvalue weighted by atomic mass is 35.5. The maximum atomic E-state index is 12.5. The second-order valence-electron chi connectivity index (χ2n) is 6.79. The number of hydrogen-bond acceptors (Lipinski definition) is 3. The number of furan rings is 1. The summed E-state index contributed by atoms with van der Waals surface area (Å²) < 4.78 is 5.22. The van der Waals surface area contributed by atoms with Crippen LogP contribution in [0.4, 0.5) is 5.69 Å². The van der Waals surface area contributed by atoms with Gasteiger partial charge in [-0.3, -0.25) is 9.59 Å². The Kier molecular flexibility index (Phi) is 5.17. The molecule has 2 amide bonds. The van der Waals surface area contributed by atoms with Gasteiger partial charge in [-0.25, -0.2) is 0 Å². The SMILES string of the molecule is O=C(Cc1ccc(Cl)cc1)Nc1ccc2c(c1)CN(C(=O)c1ccco1)CC2. The number of benzene rings is 2. The van der Waals surface area contributed by atoms with Crippen molar-refractivity contribution in [2.75, 3.05) is 11.9 Å². The molecule has 1 N–H and O–H groups in total. The van der Waals surface area contributed by atoms with Crippen LogP contribution in [0.5, 0.6) is 0 Å². The van der Waals surface area contributed by atoms with Crippen LogP contribution in [0.1, 0.15) is 27.2 Å². The molecule has 0 fully saturated rings. The van der Waals surface area contributed by atoms with Crippen molar-refractivity contribution in [1.29, 1.82) is 0 Å². The van der Waals surface area contributed by atoms with Gasteiger partial charge in [0.15, 0.2) is 5.76 Å². The minimum absolute atomic E-state index is 0.0957. The molecule has 0 saturated heterocycles. The fourth-order valence-corrected chi connectivity index (χ4v) is 3.48. The zero-order valence-electron chi connectivity index (χ0n) is 15.2. The first-order valence-electron chi connectivity index (χ1n) is 9.07. The molecular formula is C22H19ClN2O3. The number of rotatable bonds is 4. The Morgan fingerprint density at radius 3 is 2.64 bits per heavy atom. The molecular weight excluding hydrogens is 376 g/mol. The lowest BCUT2D eigenvalue weighted by Gasteiger charge is -2.28. The van der Waals surface area contributed by atoms with Gasteiger partial charge in [0.25, 0.3) is 5.91 Å². The fraction of sp³-hybridized carbons (Fsp3) is 0.182. The van der Waals surface area contributed by atoms with E-state index in [-0.39, 0.29) is 18.2 Å². The van der Waals surface area contributed by atoms with E-state index in [9.17, 15) is 9.59 Å². The number of nitrogens with one attached hydrogen (secondary N) is 1. The molecule has 0 saturated carbocycles. The number of carbonyl (C=O) groups is 2. The molecule has 0 bridgehead atoms. The van der Waals surface area contributed by atoms with Crippen molar-refractivity contribution in [3.8, 4) is 0 Å². The monoisotopic (exact) mass is 394 g/mol. The molecule has 0 spiro atoms. The summed E-state index contributed by atoms with van der Waals surface area (Å²) >= 11 is 5.88. The summed E-state index contributed by atoms with van der Waals surface area (Å²) in [6.07, 6.45) is 2.55. The molecule has 1 aromatic heterocycles. The lowest BCUT2D eigenvalue weighted by atomic mass is 9.98. The van der Waals surface area contributed by atoms with Gasteiger partial charge < -0.3 is 14.6 Å². The third kappa shape index (κ3) is 4.10. The highest BCUT2D eigenvalue weighted by Crippen LogP contribution is 2.24. The Morgan fingerprint density at radius 2 is 1.89 bits per heavy atom. The Morgan fingerprint density at radius 1 is 1.07 bits per heavy atom. The average molecular weight is 395 g/mol. The molecule has 0 unspecified atom stereocenters. The van der Waals surface area contributed by atoms with E-state index in [1.54, 1.807) is 29.2 Å². The van der Waals surface area contributed by atoms with E-state index in [0.29, 0.717) is 23.9 Å². The first kappa shape index (κ1) is 18.3. The topological polar surface area (TPSA) is 62.6 Å². The Labute approximate surface area is 167 Å². The Bertz CT molecular complexity index is 997. The second kappa shape index (κ2) is 7.90. The van der Waals surface area contributed by atoms with Crippen LogP contribution in [-0.2, 0) is 24.2 Å². The van der Waals surface area contributed by atoms with Crippen LogP contribution in [0.15, 0.2) is 65.3 Å². The van der Waals surface area contributed by atoms with Gasteiger partial charge in [0.05, 0.1) is 12.7 Å². The molecule has 1 aliphatic rings. The van der Waals surface area contributed by atoms with Crippen molar-refractivity contribution in [1.82, 2.24) is 4.90 Å². The quantitative estimate of drug-likeness (QED) is 0.717. The molecule has 0 aliphatic carbocycles. The maximum Gasteiger partial charge on any atom is 0.289 e. The van der Waals surface area contributed by atoms with E-state index in [0.717, 1.165) is 23.2 Å². The lowest BCUT2D eigenvalue weighted by Crippen LogP contribution is -2.35. The molecule has 0 atom stereocenters. The van der Waals surface area contributed by atoms with Crippen LogP contribution in [0.2, 0.25) is 5.02 Å². The van der Waals surface area contributed by atoms with Gasteiger partial charge in [-0.1, -0.05) is 29.8 Å². The lowest BCUT2D eigenvalue weighted by molar-refractivity contribution is -0.115. The minimum Gasteiger partial charge on any atom is -0.459 e. The van der Waals surface area contributed by atoms with Gasteiger partial charge >= 0.3 is 0 Å². The van der Waals surface area contributed by atoms with E-state index in [2.05, 4.69) is 5.32 Å². The number of fused-ring (bicyclic) bond motifs is 1. The van der Waals surface area contributed by atoms with E-state index >= 15 is 0 Å². The van der Waals surface area contributed by atoms with Crippen LogP contribution in [-0.4, -0.2) is 23.3 Å². The molecule has 4 rings (SSSR count). The molecule has 142 valence electrons. The van der Waals surface area contributed by atoms with E-state index in [4.69, 9.17) is 16.0 Å². The van der Waals surface area contributed by atoms with Crippen molar-refractivity contribution in [2.24, 2.45) is 0 Å². The first-order valence-corrected chi connectivity index (χ1v) is 9.45. The molecule has 1 aliphatic heterocycles. The molecule has 3 aromatic rings. The normalized spacial score (nSPS) is 13.1. The summed E-state index contributed by atoms with van der Waals surface area (Å²) in [7, 11) is 0. The van der Waals surface area contributed by atoms with Gasteiger partial charge in [-0.05, 0) is 59.5 Å². The summed E-state index contributed by atoms with van der Waals surface area (Å²) in [6, 6.07) is 16.5. The zero-order valence-corrected chi connectivity index (χ0v) is 15.9. The van der Waals surface area contributed by atoms with Gasteiger partial charge in [-0.15, -0.1) is 0 Å².